The third kappa shape index (κ3) is 3.74. The second-order valence-corrected chi connectivity index (χ2v) is 11.8. The molecule has 0 atom stereocenters. The molecule has 0 radical (unpaired) electrons. The molecule has 0 bridgehead atoms. The Bertz CT molecular complexity index is 1570. The van der Waals surface area contributed by atoms with E-state index in [9.17, 15) is 0 Å². The van der Waals surface area contributed by atoms with Crippen molar-refractivity contribution in [3.63, 3.8) is 0 Å². The molecule has 0 saturated heterocycles. The van der Waals surface area contributed by atoms with E-state index in [0.29, 0.717) is 0 Å². The maximum atomic E-state index is 3.86. The first kappa shape index (κ1) is 25.9. The van der Waals surface area contributed by atoms with Crippen LogP contribution in [0, 0.1) is 0 Å². The SMILES string of the molecule is Bc1c(B)c(B)c(-c2c(B)c(B)c(Nc3ccc4c(c3)C(C)(C)c3ccccc3-4)c(B)c2B)c(B)c1B. The molecule has 0 saturated carbocycles. The van der Waals surface area contributed by atoms with Gasteiger partial charge in [0, 0.05) is 16.8 Å². The molecule has 172 valence electrons. The molecule has 4 aromatic carbocycles. The summed E-state index contributed by atoms with van der Waals surface area (Å²) in [6.45, 7) is 4.69. The third-order valence-electron chi connectivity index (χ3n) is 9.73. The monoisotopic (exact) mass is 469 g/mol. The van der Waals surface area contributed by atoms with E-state index < -0.39 is 0 Å². The zero-order valence-electron chi connectivity index (χ0n) is 24.5. The number of hydrogen-bond acceptors (Lipinski definition) is 1. The highest BCUT2D eigenvalue weighted by atomic mass is 14.9. The molecular formula is C27H32B9N. The molecule has 1 aliphatic carbocycles. The summed E-state index contributed by atoms with van der Waals surface area (Å²) in [6, 6.07) is 15.8. The van der Waals surface area contributed by atoms with Gasteiger partial charge in [-0.05, 0) is 45.5 Å². The first-order chi connectivity index (χ1) is 17.4. The van der Waals surface area contributed by atoms with Gasteiger partial charge in [-0.15, -0.1) is 16.4 Å². The zero-order valence-corrected chi connectivity index (χ0v) is 24.5. The highest BCUT2D eigenvalue weighted by Gasteiger charge is 2.35. The van der Waals surface area contributed by atoms with E-state index >= 15 is 0 Å². The molecule has 0 aliphatic heterocycles. The van der Waals surface area contributed by atoms with Gasteiger partial charge < -0.3 is 5.32 Å². The van der Waals surface area contributed by atoms with Crippen molar-refractivity contribution in [2.75, 3.05) is 5.32 Å². The quantitative estimate of drug-likeness (QED) is 0.295. The van der Waals surface area contributed by atoms with Crippen molar-refractivity contribution in [3.05, 3.63) is 53.6 Å². The van der Waals surface area contributed by atoms with Gasteiger partial charge >= 0.3 is 0 Å². The zero-order chi connectivity index (χ0) is 27.0. The minimum atomic E-state index is -0.000386. The molecule has 5 rings (SSSR count). The Morgan fingerprint density at radius 1 is 0.514 bits per heavy atom. The van der Waals surface area contributed by atoms with Crippen molar-refractivity contribution in [2.45, 2.75) is 19.3 Å². The van der Waals surface area contributed by atoms with Crippen molar-refractivity contribution in [1.82, 2.24) is 0 Å². The van der Waals surface area contributed by atoms with Crippen LogP contribution in [0.1, 0.15) is 25.0 Å². The molecule has 4 aromatic rings. The van der Waals surface area contributed by atoms with E-state index in [-0.39, 0.29) is 5.41 Å². The number of hydrogen-bond donors (Lipinski definition) is 1. The first-order valence-corrected chi connectivity index (χ1v) is 13.6. The van der Waals surface area contributed by atoms with E-state index in [4.69, 9.17) is 0 Å². The molecule has 1 aliphatic rings. The van der Waals surface area contributed by atoms with Crippen LogP contribution in [0.4, 0.5) is 11.4 Å². The molecule has 0 heterocycles. The second-order valence-electron chi connectivity index (χ2n) is 11.8. The van der Waals surface area contributed by atoms with Crippen molar-refractivity contribution < 1.29 is 0 Å². The Morgan fingerprint density at radius 3 is 1.54 bits per heavy atom. The Balaban J connectivity index is 1.63. The minimum Gasteiger partial charge on any atom is -0.356 e. The summed E-state index contributed by atoms with van der Waals surface area (Å²) in [5.74, 6) is 0. The van der Waals surface area contributed by atoms with Gasteiger partial charge in [0.05, 0.1) is 0 Å². The average molecular weight is 468 g/mol. The normalized spacial score (nSPS) is 13.2. The predicted molar refractivity (Wildman–Crippen MR) is 193 cm³/mol. The lowest BCUT2D eigenvalue weighted by atomic mass is 9.56. The lowest BCUT2D eigenvalue weighted by Gasteiger charge is -2.28. The summed E-state index contributed by atoms with van der Waals surface area (Å²) in [5.41, 5.74) is 23.2. The largest absolute Gasteiger partial charge is 0.356 e. The summed E-state index contributed by atoms with van der Waals surface area (Å²) in [5, 5.41) is 3.86. The van der Waals surface area contributed by atoms with E-state index in [1.54, 1.807) is 0 Å². The van der Waals surface area contributed by atoms with Crippen LogP contribution in [0.3, 0.4) is 0 Å². The van der Waals surface area contributed by atoms with Crippen LogP contribution in [0.2, 0.25) is 0 Å². The Morgan fingerprint density at radius 2 is 0.973 bits per heavy atom. The molecule has 1 N–H and O–H groups in total. The smallest absolute Gasteiger partial charge is 0.141 e. The standard InChI is InChI=1S/C27H32B9N/c1-27(2)13-6-4-3-5-11(13)12-8-7-10(9-14(12)27)37-26-24(35)19(30)16(20(31)25(26)36)15-17(28)21(32)23(34)22(33)18(15)29/h3-9,37H,28-36H2,1-2H3. The van der Waals surface area contributed by atoms with Crippen LogP contribution in [-0.4, -0.2) is 70.6 Å². The second kappa shape index (κ2) is 8.93. The highest BCUT2D eigenvalue weighted by Crippen LogP contribution is 2.49. The number of nitrogens with one attached hydrogen (secondary N) is 1. The highest BCUT2D eigenvalue weighted by molar-refractivity contribution is 6.70. The Labute approximate surface area is 231 Å². The number of fused-ring (bicyclic) bond motifs is 3. The van der Waals surface area contributed by atoms with Crippen molar-refractivity contribution in [3.8, 4) is 22.3 Å². The van der Waals surface area contributed by atoms with E-state index in [2.05, 4.69) is 132 Å². The Kier molecular flexibility index (Phi) is 6.25. The van der Waals surface area contributed by atoms with Gasteiger partial charge in [-0.2, -0.15) is 0 Å². The molecule has 10 heteroatoms. The Hall–Kier alpha value is -2.74. The van der Waals surface area contributed by atoms with Crippen LogP contribution < -0.4 is 54.5 Å². The summed E-state index contributed by atoms with van der Waals surface area (Å²) < 4.78 is 0. The van der Waals surface area contributed by atoms with E-state index in [0.717, 1.165) is 5.69 Å². The minimum absolute atomic E-state index is 0.000386. The fraction of sp³-hybridized carbons (Fsp3) is 0.111. The van der Waals surface area contributed by atoms with Gasteiger partial charge in [-0.25, -0.2) is 0 Å². The van der Waals surface area contributed by atoms with Crippen LogP contribution in [-0.2, 0) is 5.41 Å². The first-order valence-electron chi connectivity index (χ1n) is 13.6. The van der Waals surface area contributed by atoms with E-state index in [1.165, 1.54) is 88.2 Å². The molecule has 0 spiro atoms. The van der Waals surface area contributed by atoms with Crippen molar-refractivity contribution >= 4 is 131 Å². The lowest BCUT2D eigenvalue weighted by Crippen LogP contribution is -2.57. The maximum Gasteiger partial charge on any atom is 0.141 e. The van der Waals surface area contributed by atoms with Crippen LogP contribution in [0.15, 0.2) is 42.5 Å². The van der Waals surface area contributed by atoms with Crippen molar-refractivity contribution in [2.24, 2.45) is 0 Å². The average Bonchev–Trinajstić information content (AvgIpc) is 3.11. The van der Waals surface area contributed by atoms with E-state index in [1.807, 2.05) is 0 Å². The fourth-order valence-electron chi connectivity index (χ4n) is 6.68. The third-order valence-corrected chi connectivity index (χ3v) is 9.73. The summed E-state index contributed by atoms with van der Waals surface area (Å²) >= 11 is 0. The van der Waals surface area contributed by atoms with Gasteiger partial charge in [0.1, 0.15) is 70.6 Å². The number of rotatable bonds is 3. The predicted octanol–water partition coefficient (Wildman–Crippen LogP) is -8.27. The topological polar surface area (TPSA) is 12.0 Å². The van der Waals surface area contributed by atoms with Crippen molar-refractivity contribution in [1.29, 1.82) is 0 Å². The number of anilines is 2. The summed E-state index contributed by atoms with van der Waals surface area (Å²) in [4.78, 5) is 0. The molecule has 0 amide bonds. The molecule has 0 aromatic heterocycles. The van der Waals surface area contributed by atoms with Gasteiger partial charge in [0.25, 0.3) is 0 Å². The number of benzene rings is 4. The van der Waals surface area contributed by atoms with Crippen LogP contribution in [0.5, 0.6) is 0 Å². The lowest BCUT2D eigenvalue weighted by molar-refractivity contribution is 0.660. The molecule has 0 unspecified atom stereocenters. The van der Waals surface area contributed by atoms with Gasteiger partial charge in [-0.1, -0.05) is 77.0 Å². The van der Waals surface area contributed by atoms with Gasteiger partial charge in [0.15, 0.2) is 0 Å². The molecule has 0 fully saturated rings. The molecular weight excluding hydrogens is 436 g/mol. The van der Waals surface area contributed by atoms with Gasteiger partial charge in [-0.3, -0.25) is 0 Å². The molecule has 37 heavy (non-hydrogen) atoms. The van der Waals surface area contributed by atoms with Crippen LogP contribution in [0.25, 0.3) is 22.3 Å². The maximum absolute atomic E-state index is 3.86. The van der Waals surface area contributed by atoms with Gasteiger partial charge in [0.2, 0.25) is 0 Å². The molecule has 1 nitrogen and oxygen atoms in total. The van der Waals surface area contributed by atoms with Crippen LogP contribution >= 0.6 is 0 Å². The summed E-state index contributed by atoms with van der Waals surface area (Å²) in [6.07, 6.45) is 0. The fourth-order valence-corrected chi connectivity index (χ4v) is 6.68. The summed E-state index contributed by atoms with van der Waals surface area (Å²) in [7, 11) is 20.5.